The van der Waals surface area contributed by atoms with Crippen LogP contribution in [0.15, 0.2) is 164 Å². The lowest BCUT2D eigenvalue weighted by Crippen LogP contribution is -2.01. The molecule has 0 fully saturated rings. The SMILES string of the molecule is Cc1c(C)n(-c2c3ccccc3c(-c3ccccc3)c3ccccc23)c2cc3ccc4cc(-c5cccc6ccccc56)ccc4c3cc12. The zero-order valence-corrected chi connectivity index (χ0v) is 27.5. The molecule has 0 radical (unpaired) electrons. The monoisotopic (exact) mass is 623 g/mol. The Morgan fingerprint density at radius 2 is 0.980 bits per heavy atom. The molecule has 0 bridgehead atoms. The minimum absolute atomic E-state index is 1.24. The topological polar surface area (TPSA) is 4.93 Å². The van der Waals surface area contributed by atoms with Crippen LogP contribution in [0.3, 0.4) is 0 Å². The Hall–Kier alpha value is -6.18. The van der Waals surface area contributed by atoms with Gasteiger partial charge in [0.1, 0.15) is 0 Å². The maximum atomic E-state index is 2.53. The highest BCUT2D eigenvalue weighted by molar-refractivity contribution is 6.20. The van der Waals surface area contributed by atoms with Gasteiger partial charge in [-0.1, -0.05) is 146 Å². The highest BCUT2D eigenvalue weighted by Crippen LogP contribution is 2.44. The fraction of sp³-hybridized carbons (Fsp3) is 0.0417. The van der Waals surface area contributed by atoms with Crippen LogP contribution in [0, 0.1) is 13.8 Å². The molecule has 10 aromatic rings. The van der Waals surface area contributed by atoms with E-state index < -0.39 is 0 Å². The summed E-state index contributed by atoms with van der Waals surface area (Å²) in [6.45, 7) is 4.57. The summed E-state index contributed by atoms with van der Waals surface area (Å²) in [5.41, 5.74) is 10.2. The van der Waals surface area contributed by atoms with Gasteiger partial charge in [0.2, 0.25) is 0 Å². The van der Waals surface area contributed by atoms with Gasteiger partial charge in [0.25, 0.3) is 0 Å². The fourth-order valence-electron chi connectivity index (χ4n) is 8.32. The molecule has 1 heteroatoms. The summed E-state index contributed by atoms with van der Waals surface area (Å²) in [6, 6.07) is 60.4. The van der Waals surface area contributed by atoms with E-state index in [9.17, 15) is 0 Å². The van der Waals surface area contributed by atoms with Crippen molar-refractivity contribution < 1.29 is 0 Å². The Morgan fingerprint density at radius 1 is 0.367 bits per heavy atom. The molecule has 1 aromatic heterocycles. The predicted molar refractivity (Wildman–Crippen MR) is 211 cm³/mol. The van der Waals surface area contributed by atoms with Crippen molar-refractivity contribution in [2.24, 2.45) is 0 Å². The number of aromatic nitrogens is 1. The molecule has 1 heterocycles. The summed E-state index contributed by atoms with van der Waals surface area (Å²) in [5.74, 6) is 0. The smallest absolute Gasteiger partial charge is 0.0615 e. The van der Waals surface area contributed by atoms with Gasteiger partial charge < -0.3 is 4.57 Å². The lowest BCUT2D eigenvalue weighted by molar-refractivity contribution is 1.06. The van der Waals surface area contributed by atoms with Crippen LogP contribution >= 0.6 is 0 Å². The van der Waals surface area contributed by atoms with Gasteiger partial charge in [0.05, 0.1) is 11.2 Å². The molecule has 230 valence electrons. The number of nitrogens with zero attached hydrogens (tertiary/aromatic N) is 1. The third kappa shape index (κ3) is 4.12. The van der Waals surface area contributed by atoms with Crippen LogP contribution in [0.5, 0.6) is 0 Å². The highest BCUT2D eigenvalue weighted by Gasteiger charge is 2.21. The van der Waals surface area contributed by atoms with E-state index in [2.05, 4.69) is 182 Å². The van der Waals surface area contributed by atoms with Crippen molar-refractivity contribution in [2.75, 3.05) is 0 Å². The van der Waals surface area contributed by atoms with Crippen molar-refractivity contribution in [1.29, 1.82) is 0 Å². The zero-order chi connectivity index (χ0) is 32.6. The Balaban J connectivity index is 1.23. The fourth-order valence-corrected chi connectivity index (χ4v) is 8.32. The molecule has 49 heavy (non-hydrogen) atoms. The zero-order valence-electron chi connectivity index (χ0n) is 27.5. The van der Waals surface area contributed by atoms with Crippen LogP contribution in [0.1, 0.15) is 11.3 Å². The third-order valence-corrected chi connectivity index (χ3v) is 10.8. The van der Waals surface area contributed by atoms with Crippen LogP contribution in [0.4, 0.5) is 0 Å². The van der Waals surface area contributed by atoms with E-state index in [0.29, 0.717) is 0 Å². The molecule has 0 aliphatic rings. The van der Waals surface area contributed by atoms with Gasteiger partial charge >= 0.3 is 0 Å². The van der Waals surface area contributed by atoms with Gasteiger partial charge in [-0.05, 0) is 103 Å². The van der Waals surface area contributed by atoms with Crippen molar-refractivity contribution in [3.05, 3.63) is 175 Å². The molecular weight excluding hydrogens is 591 g/mol. The Kier molecular flexibility index (Phi) is 6.07. The molecule has 0 aliphatic carbocycles. The van der Waals surface area contributed by atoms with Gasteiger partial charge in [-0.25, -0.2) is 0 Å². The van der Waals surface area contributed by atoms with Crippen molar-refractivity contribution in [3.63, 3.8) is 0 Å². The first-order valence-corrected chi connectivity index (χ1v) is 17.1. The number of rotatable bonds is 3. The van der Waals surface area contributed by atoms with Crippen molar-refractivity contribution >= 4 is 64.8 Å². The Labute approximate surface area is 285 Å². The van der Waals surface area contributed by atoms with E-state index in [1.807, 2.05) is 0 Å². The number of hydrogen-bond donors (Lipinski definition) is 0. The molecule has 10 rings (SSSR count). The van der Waals surface area contributed by atoms with E-state index in [1.165, 1.54) is 104 Å². The minimum Gasteiger partial charge on any atom is -0.312 e. The molecule has 0 amide bonds. The second-order valence-corrected chi connectivity index (χ2v) is 13.3. The maximum absolute atomic E-state index is 2.53. The van der Waals surface area contributed by atoms with E-state index in [0.717, 1.165) is 0 Å². The van der Waals surface area contributed by atoms with Crippen LogP contribution in [-0.4, -0.2) is 4.57 Å². The first kappa shape index (κ1) is 27.9. The lowest BCUT2D eigenvalue weighted by atomic mass is 9.90. The predicted octanol–water partition coefficient (Wildman–Crippen LogP) is 13.3. The summed E-state index contributed by atoms with van der Waals surface area (Å²) in [6.07, 6.45) is 0. The highest BCUT2D eigenvalue weighted by atomic mass is 15.0. The van der Waals surface area contributed by atoms with Crippen molar-refractivity contribution in [2.45, 2.75) is 13.8 Å². The number of aryl methyl sites for hydroxylation is 1. The van der Waals surface area contributed by atoms with Gasteiger partial charge in [-0.3, -0.25) is 0 Å². The molecule has 0 saturated heterocycles. The molecular formula is C48H33N. The van der Waals surface area contributed by atoms with Crippen LogP contribution < -0.4 is 0 Å². The van der Waals surface area contributed by atoms with E-state index in [4.69, 9.17) is 0 Å². The summed E-state index contributed by atoms with van der Waals surface area (Å²) < 4.78 is 2.53. The number of benzene rings is 9. The first-order valence-electron chi connectivity index (χ1n) is 17.1. The molecule has 0 saturated carbocycles. The number of hydrogen-bond acceptors (Lipinski definition) is 0. The van der Waals surface area contributed by atoms with Crippen molar-refractivity contribution in [1.82, 2.24) is 4.57 Å². The molecule has 1 nitrogen and oxygen atoms in total. The molecule has 0 N–H and O–H groups in total. The number of fused-ring (bicyclic) bond motifs is 7. The molecule has 0 aliphatic heterocycles. The first-order chi connectivity index (χ1) is 24.2. The molecule has 0 unspecified atom stereocenters. The van der Waals surface area contributed by atoms with E-state index >= 15 is 0 Å². The van der Waals surface area contributed by atoms with Gasteiger partial charge in [0, 0.05) is 21.9 Å². The van der Waals surface area contributed by atoms with Crippen LogP contribution in [0.25, 0.3) is 92.7 Å². The normalized spacial score (nSPS) is 11.9. The third-order valence-electron chi connectivity index (χ3n) is 10.8. The van der Waals surface area contributed by atoms with Gasteiger partial charge in [0.15, 0.2) is 0 Å². The lowest BCUT2D eigenvalue weighted by Gasteiger charge is -2.20. The minimum atomic E-state index is 1.24. The average molecular weight is 624 g/mol. The Morgan fingerprint density at radius 3 is 1.71 bits per heavy atom. The molecule has 0 atom stereocenters. The van der Waals surface area contributed by atoms with Crippen LogP contribution in [-0.2, 0) is 0 Å². The standard InChI is InChI=1S/C48H33N/c1-30-31(2)49(48-42-20-10-8-18-40(42)47(33-14-4-3-5-15-33)41-19-9-11-21-43(41)48)46-28-36-24-23-34-27-35(25-26-39(34)45(36)29-44(30)46)38-22-12-16-32-13-6-7-17-37(32)38/h3-29H,1-2H3. The van der Waals surface area contributed by atoms with Crippen LogP contribution in [0.2, 0.25) is 0 Å². The second kappa shape index (κ2) is 10.7. The van der Waals surface area contributed by atoms with E-state index in [-0.39, 0.29) is 0 Å². The van der Waals surface area contributed by atoms with Crippen molar-refractivity contribution in [3.8, 4) is 27.9 Å². The Bertz CT molecular complexity index is 2880. The summed E-state index contributed by atoms with van der Waals surface area (Å²) in [7, 11) is 0. The van der Waals surface area contributed by atoms with Gasteiger partial charge in [-0.2, -0.15) is 0 Å². The molecule has 9 aromatic carbocycles. The quantitative estimate of drug-likeness (QED) is 0.136. The second-order valence-electron chi connectivity index (χ2n) is 13.3. The summed E-state index contributed by atoms with van der Waals surface area (Å²) >= 11 is 0. The largest absolute Gasteiger partial charge is 0.312 e. The summed E-state index contributed by atoms with van der Waals surface area (Å²) in [4.78, 5) is 0. The average Bonchev–Trinajstić information content (AvgIpc) is 3.40. The maximum Gasteiger partial charge on any atom is 0.0615 e. The van der Waals surface area contributed by atoms with E-state index in [1.54, 1.807) is 0 Å². The van der Waals surface area contributed by atoms with Gasteiger partial charge in [-0.15, -0.1) is 0 Å². The summed E-state index contributed by atoms with van der Waals surface area (Å²) in [5, 5.41) is 14.0. The molecule has 0 spiro atoms.